The van der Waals surface area contributed by atoms with Gasteiger partial charge in [0.25, 0.3) is 9.05 Å². The Morgan fingerprint density at radius 1 is 1.42 bits per heavy atom. The van der Waals surface area contributed by atoms with Gasteiger partial charge in [0.2, 0.25) is 11.7 Å². The summed E-state index contributed by atoms with van der Waals surface area (Å²) < 4.78 is 33.0. The van der Waals surface area contributed by atoms with Gasteiger partial charge in [0.05, 0.1) is 17.1 Å². The first-order valence-corrected chi connectivity index (χ1v) is 7.75. The largest absolute Gasteiger partial charge is 0.493 e. The lowest BCUT2D eigenvalue weighted by atomic mass is 10.2. The molecule has 2 aromatic rings. The van der Waals surface area contributed by atoms with Gasteiger partial charge in [-0.05, 0) is 25.1 Å². The lowest BCUT2D eigenvalue weighted by Crippen LogP contribution is -1.98. The van der Waals surface area contributed by atoms with Gasteiger partial charge < -0.3 is 9.26 Å². The van der Waals surface area contributed by atoms with Gasteiger partial charge in [0, 0.05) is 17.6 Å². The molecule has 6 nitrogen and oxygen atoms in total. The first-order chi connectivity index (χ1) is 8.91. The highest BCUT2D eigenvalue weighted by atomic mass is 35.7. The molecule has 0 aliphatic heterocycles. The van der Waals surface area contributed by atoms with E-state index in [1.807, 2.05) is 6.92 Å². The lowest BCUT2D eigenvalue weighted by molar-refractivity contribution is 0.340. The quantitative estimate of drug-likeness (QED) is 0.806. The molecule has 0 bridgehead atoms. The smallest absolute Gasteiger partial charge is 0.261 e. The average Bonchev–Trinajstić information content (AvgIpc) is 2.75. The minimum atomic E-state index is -3.83. The first-order valence-electron chi connectivity index (χ1n) is 5.44. The highest BCUT2D eigenvalue weighted by Gasteiger charge is 2.17. The maximum Gasteiger partial charge on any atom is 0.261 e. The number of rotatable bonds is 4. The molecule has 1 aromatic heterocycles. The van der Waals surface area contributed by atoms with E-state index in [0.717, 1.165) is 0 Å². The summed E-state index contributed by atoms with van der Waals surface area (Å²) in [5.74, 6) is 1.09. The molecule has 0 amide bonds. The van der Waals surface area contributed by atoms with Crippen molar-refractivity contribution in [2.24, 2.45) is 0 Å². The molecule has 0 N–H and O–H groups in total. The molecule has 1 heterocycles. The van der Waals surface area contributed by atoms with Gasteiger partial charge >= 0.3 is 0 Å². The number of halogens is 1. The average molecular weight is 303 g/mol. The number of hydrogen-bond acceptors (Lipinski definition) is 6. The Morgan fingerprint density at radius 2 is 2.16 bits per heavy atom. The van der Waals surface area contributed by atoms with E-state index in [4.69, 9.17) is 19.9 Å². The van der Waals surface area contributed by atoms with Crippen LogP contribution >= 0.6 is 10.7 Å². The Labute approximate surface area is 114 Å². The molecule has 0 unspecified atom stereocenters. The summed E-state index contributed by atoms with van der Waals surface area (Å²) in [4.78, 5) is 4.01. The van der Waals surface area contributed by atoms with E-state index in [2.05, 4.69) is 10.1 Å². The summed E-state index contributed by atoms with van der Waals surface area (Å²) in [6.07, 6.45) is 0. The SMILES string of the molecule is CCOc1ccc(S(=O)(=O)Cl)cc1-c1noc(C)n1. The molecule has 1 aromatic carbocycles. The van der Waals surface area contributed by atoms with Crippen molar-refractivity contribution in [3.05, 3.63) is 24.1 Å². The molecule has 0 atom stereocenters. The van der Waals surface area contributed by atoms with Crippen molar-refractivity contribution in [1.29, 1.82) is 0 Å². The third-order valence-electron chi connectivity index (χ3n) is 2.30. The molecule has 0 aliphatic carbocycles. The fourth-order valence-corrected chi connectivity index (χ4v) is 2.30. The van der Waals surface area contributed by atoms with Gasteiger partial charge in [-0.3, -0.25) is 0 Å². The lowest BCUT2D eigenvalue weighted by Gasteiger charge is -2.08. The number of ether oxygens (including phenoxy) is 1. The van der Waals surface area contributed by atoms with Crippen molar-refractivity contribution in [3.8, 4) is 17.1 Å². The van der Waals surface area contributed by atoms with Crippen LogP contribution in [0.15, 0.2) is 27.6 Å². The van der Waals surface area contributed by atoms with E-state index in [0.29, 0.717) is 23.8 Å². The minimum absolute atomic E-state index is 0.0462. The number of hydrogen-bond donors (Lipinski definition) is 0. The topological polar surface area (TPSA) is 82.3 Å². The molecular weight excluding hydrogens is 292 g/mol. The van der Waals surface area contributed by atoms with Crippen LogP contribution < -0.4 is 4.74 Å². The van der Waals surface area contributed by atoms with Gasteiger partial charge in [-0.2, -0.15) is 4.98 Å². The summed E-state index contributed by atoms with van der Waals surface area (Å²) >= 11 is 0. The van der Waals surface area contributed by atoms with E-state index >= 15 is 0 Å². The van der Waals surface area contributed by atoms with Gasteiger partial charge in [-0.15, -0.1) is 0 Å². The maximum atomic E-state index is 11.4. The Hall–Kier alpha value is -1.60. The predicted molar refractivity (Wildman–Crippen MR) is 68.7 cm³/mol. The fraction of sp³-hybridized carbons (Fsp3) is 0.273. The highest BCUT2D eigenvalue weighted by Crippen LogP contribution is 2.31. The van der Waals surface area contributed by atoms with Gasteiger partial charge in [0.1, 0.15) is 5.75 Å². The first kappa shape index (κ1) is 13.8. The summed E-state index contributed by atoms with van der Waals surface area (Å²) in [6.45, 7) is 3.88. The van der Waals surface area contributed by atoms with Crippen molar-refractivity contribution in [2.45, 2.75) is 18.7 Å². The van der Waals surface area contributed by atoms with Crippen molar-refractivity contribution >= 4 is 19.7 Å². The molecule has 0 radical (unpaired) electrons. The number of aromatic nitrogens is 2. The van der Waals surface area contributed by atoms with E-state index in [1.165, 1.54) is 18.2 Å². The standard InChI is InChI=1S/C11H11ClN2O4S/c1-3-17-10-5-4-8(19(12,15)16)6-9(10)11-13-7(2)18-14-11/h4-6H,3H2,1-2H3. The Bertz CT molecular complexity index is 696. The van der Waals surface area contributed by atoms with Crippen LogP contribution in [0.25, 0.3) is 11.4 Å². The molecule has 0 saturated carbocycles. The number of aryl methyl sites for hydroxylation is 1. The summed E-state index contributed by atoms with van der Waals surface area (Å²) in [7, 11) is 1.49. The van der Waals surface area contributed by atoms with Crippen molar-refractivity contribution in [3.63, 3.8) is 0 Å². The zero-order valence-electron chi connectivity index (χ0n) is 10.3. The van der Waals surface area contributed by atoms with E-state index in [-0.39, 0.29) is 10.7 Å². The van der Waals surface area contributed by atoms with Gasteiger partial charge in [-0.25, -0.2) is 8.42 Å². The Morgan fingerprint density at radius 3 is 2.68 bits per heavy atom. The fourth-order valence-electron chi connectivity index (χ4n) is 1.53. The van der Waals surface area contributed by atoms with Crippen LogP contribution in [-0.4, -0.2) is 25.2 Å². The molecule has 2 rings (SSSR count). The van der Waals surface area contributed by atoms with Crippen LogP contribution in [0.1, 0.15) is 12.8 Å². The van der Waals surface area contributed by atoms with Crippen LogP contribution in [0.3, 0.4) is 0 Å². The van der Waals surface area contributed by atoms with Gasteiger partial charge in [0.15, 0.2) is 0 Å². The summed E-state index contributed by atoms with van der Waals surface area (Å²) in [6, 6.07) is 4.24. The Balaban J connectivity index is 2.60. The third kappa shape index (κ3) is 3.05. The second kappa shape index (κ2) is 5.18. The van der Waals surface area contributed by atoms with Crippen LogP contribution in [-0.2, 0) is 9.05 Å². The van der Waals surface area contributed by atoms with Crippen molar-refractivity contribution in [1.82, 2.24) is 10.1 Å². The van der Waals surface area contributed by atoms with Gasteiger partial charge in [-0.1, -0.05) is 5.16 Å². The third-order valence-corrected chi connectivity index (χ3v) is 3.65. The Kier molecular flexibility index (Phi) is 3.77. The molecule has 102 valence electrons. The second-order valence-corrected chi connectivity index (χ2v) is 6.23. The van der Waals surface area contributed by atoms with Crippen molar-refractivity contribution < 1.29 is 17.7 Å². The zero-order valence-corrected chi connectivity index (χ0v) is 11.8. The minimum Gasteiger partial charge on any atom is -0.493 e. The number of benzene rings is 1. The van der Waals surface area contributed by atoms with Crippen LogP contribution in [0, 0.1) is 6.92 Å². The van der Waals surface area contributed by atoms with Crippen LogP contribution in [0.5, 0.6) is 5.75 Å². The molecule has 8 heteroatoms. The zero-order chi connectivity index (χ0) is 14.0. The molecule has 0 fully saturated rings. The monoisotopic (exact) mass is 302 g/mol. The van der Waals surface area contributed by atoms with E-state index in [1.54, 1.807) is 6.92 Å². The highest BCUT2D eigenvalue weighted by molar-refractivity contribution is 8.13. The molecule has 0 spiro atoms. The maximum absolute atomic E-state index is 11.4. The van der Waals surface area contributed by atoms with Crippen LogP contribution in [0.2, 0.25) is 0 Å². The second-order valence-electron chi connectivity index (χ2n) is 3.67. The molecular formula is C11H11ClN2O4S. The van der Waals surface area contributed by atoms with Crippen molar-refractivity contribution in [2.75, 3.05) is 6.61 Å². The molecule has 19 heavy (non-hydrogen) atoms. The predicted octanol–water partition coefficient (Wildman–Crippen LogP) is 2.37. The van der Waals surface area contributed by atoms with Crippen LogP contribution in [0.4, 0.5) is 0 Å². The normalized spacial score (nSPS) is 11.5. The summed E-state index contributed by atoms with van der Waals surface area (Å²) in [5.41, 5.74) is 0.417. The molecule has 0 aliphatic rings. The number of nitrogens with zero attached hydrogens (tertiary/aromatic N) is 2. The van der Waals surface area contributed by atoms with E-state index < -0.39 is 9.05 Å². The molecule has 0 saturated heterocycles. The summed E-state index contributed by atoms with van der Waals surface area (Å²) in [5, 5.41) is 3.75. The van der Waals surface area contributed by atoms with E-state index in [9.17, 15) is 8.42 Å².